The molecular formula is C17H28N4O7S. The minimum atomic E-state index is -1.47. The molecule has 1 heterocycles. The van der Waals surface area contributed by atoms with E-state index in [2.05, 4.69) is 21.3 Å². The van der Waals surface area contributed by atoms with Gasteiger partial charge in [0.05, 0.1) is 12.5 Å². The van der Waals surface area contributed by atoms with E-state index in [-0.39, 0.29) is 12.3 Å². The molecule has 0 aromatic heterocycles. The summed E-state index contributed by atoms with van der Waals surface area (Å²) in [6.45, 7) is 2.12. The molecule has 1 rings (SSSR count). The number of carboxylic acids is 2. The van der Waals surface area contributed by atoms with Crippen molar-refractivity contribution in [1.29, 1.82) is 0 Å². The number of carbonyl (C=O) groups is 5. The molecule has 0 aromatic rings. The zero-order valence-corrected chi connectivity index (χ0v) is 17.2. The molecule has 12 heteroatoms. The highest BCUT2D eigenvalue weighted by Gasteiger charge is 2.30. The molecule has 0 saturated carbocycles. The van der Waals surface area contributed by atoms with Crippen LogP contribution in [0.3, 0.4) is 0 Å². The van der Waals surface area contributed by atoms with Crippen molar-refractivity contribution in [3.05, 3.63) is 0 Å². The Morgan fingerprint density at radius 1 is 1.07 bits per heavy atom. The molecule has 164 valence electrons. The molecule has 1 aliphatic rings. The summed E-state index contributed by atoms with van der Waals surface area (Å²) in [7, 11) is 0. The number of carbonyl (C=O) groups excluding carboxylic acids is 3. The lowest BCUT2D eigenvalue weighted by atomic mass is 10.1. The van der Waals surface area contributed by atoms with Crippen molar-refractivity contribution < 1.29 is 34.2 Å². The lowest BCUT2D eigenvalue weighted by Crippen LogP contribution is -2.56. The largest absolute Gasteiger partial charge is 0.481 e. The quantitative estimate of drug-likeness (QED) is 0.215. The zero-order chi connectivity index (χ0) is 22.0. The fraction of sp³-hybridized carbons (Fsp3) is 0.706. The van der Waals surface area contributed by atoms with Gasteiger partial charge in [0.25, 0.3) is 0 Å². The molecule has 0 aliphatic carbocycles. The van der Waals surface area contributed by atoms with Gasteiger partial charge in [-0.3, -0.25) is 19.2 Å². The van der Waals surface area contributed by atoms with Gasteiger partial charge in [-0.15, -0.1) is 0 Å². The summed E-state index contributed by atoms with van der Waals surface area (Å²) in [5.41, 5.74) is 0. The first-order valence-corrected chi connectivity index (χ1v) is 10.6. The summed E-state index contributed by atoms with van der Waals surface area (Å²) in [5.74, 6) is -4.12. The van der Waals surface area contributed by atoms with Crippen LogP contribution in [0.15, 0.2) is 0 Å². The Bertz CT molecular complexity index is 625. The van der Waals surface area contributed by atoms with E-state index in [0.29, 0.717) is 18.7 Å². The van der Waals surface area contributed by atoms with E-state index in [0.717, 1.165) is 6.42 Å². The van der Waals surface area contributed by atoms with Crippen molar-refractivity contribution in [3.63, 3.8) is 0 Å². The molecule has 1 fully saturated rings. The smallest absolute Gasteiger partial charge is 0.326 e. The summed E-state index contributed by atoms with van der Waals surface area (Å²) in [4.78, 5) is 59.2. The fourth-order valence-electron chi connectivity index (χ4n) is 2.73. The first-order chi connectivity index (χ1) is 13.6. The van der Waals surface area contributed by atoms with Gasteiger partial charge in [0, 0.05) is 0 Å². The third-order valence-corrected chi connectivity index (χ3v) is 5.01. The van der Waals surface area contributed by atoms with Gasteiger partial charge in [0.15, 0.2) is 0 Å². The fourth-order valence-corrected chi connectivity index (χ4v) is 3.21. The molecule has 0 radical (unpaired) electrons. The highest BCUT2D eigenvalue weighted by molar-refractivity contribution is 7.98. The van der Waals surface area contributed by atoms with Crippen LogP contribution in [-0.4, -0.2) is 82.6 Å². The maximum atomic E-state index is 12.4. The van der Waals surface area contributed by atoms with Crippen LogP contribution in [0.2, 0.25) is 0 Å². The first-order valence-electron chi connectivity index (χ1n) is 9.23. The molecule has 0 aromatic carbocycles. The van der Waals surface area contributed by atoms with Gasteiger partial charge in [-0.05, 0) is 44.7 Å². The van der Waals surface area contributed by atoms with Crippen LogP contribution in [0.5, 0.6) is 0 Å². The van der Waals surface area contributed by atoms with Crippen molar-refractivity contribution in [2.24, 2.45) is 0 Å². The standard InChI is InChI=1S/C17H28N4O7S/c1-9(19-15(25)10-4-3-6-18-10)14(24)21-12(8-13(22)23)16(26)20-11(17(27)28)5-7-29-2/h9-12,18H,3-8H2,1-2H3,(H,19,25)(H,20,26)(H,21,24)(H,22,23)(H,27,28). The van der Waals surface area contributed by atoms with E-state index in [1.165, 1.54) is 18.7 Å². The Balaban J connectivity index is 2.71. The van der Waals surface area contributed by atoms with Crippen LogP contribution >= 0.6 is 11.8 Å². The normalized spacial score (nSPS) is 18.9. The van der Waals surface area contributed by atoms with Crippen molar-refractivity contribution in [3.8, 4) is 0 Å². The molecule has 4 atom stereocenters. The van der Waals surface area contributed by atoms with Crippen LogP contribution in [0.1, 0.15) is 32.6 Å². The SMILES string of the molecule is CSCCC(NC(=O)C(CC(=O)O)NC(=O)C(C)NC(=O)C1CCCN1)C(=O)O. The molecule has 11 nitrogen and oxygen atoms in total. The topological polar surface area (TPSA) is 174 Å². The van der Waals surface area contributed by atoms with Crippen LogP contribution in [0.25, 0.3) is 0 Å². The Morgan fingerprint density at radius 2 is 1.72 bits per heavy atom. The summed E-state index contributed by atoms with van der Waals surface area (Å²) < 4.78 is 0. The molecule has 3 amide bonds. The molecule has 6 N–H and O–H groups in total. The number of thioether (sulfide) groups is 1. The van der Waals surface area contributed by atoms with Crippen molar-refractivity contribution >= 4 is 41.4 Å². The number of carboxylic acid groups (broad SMARTS) is 2. The summed E-state index contributed by atoms with van der Waals surface area (Å²) in [6, 6.07) is -4.06. The summed E-state index contributed by atoms with van der Waals surface area (Å²) in [6.07, 6.45) is 2.71. The average molecular weight is 432 g/mol. The lowest BCUT2D eigenvalue weighted by molar-refractivity contribution is -0.143. The van der Waals surface area contributed by atoms with E-state index >= 15 is 0 Å². The second kappa shape index (κ2) is 12.3. The predicted octanol–water partition coefficient (Wildman–Crippen LogP) is -1.47. The van der Waals surface area contributed by atoms with Crippen molar-refractivity contribution in [1.82, 2.24) is 21.3 Å². The van der Waals surface area contributed by atoms with Crippen LogP contribution in [-0.2, 0) is 24.0 Å². The highest BCUT2D eigenvalue weighted by atomic mass is 32.2. The second-order valence-electron chi connectivity index (χ2n) is 6.72. The van der Waals surface area contributed by atoms with E-state index in [1.54, 1.807) is 6.26 Å². The minimum Gasteiger partial charge on any atom is -0.481 e. The highest BCUT2D eigenvalue weighted by Crippen LogP contribution is 2.06. The van der Waals surface area contributed by atoms with E-state index in [4.69, 9.17) is 5.11 Å². The maximum Gasteiger partial charge on any atom is 0.326 e. The number of hydrogen-bond donors (Lipinski definition) is 6. The number of amides is 3. The van der Waals surface area contributed by atoms with Gasteiger partial charge >= 0.3 is 11.9 Å². The third-order valence-electron chi connectivity index (χ3n) is 4.37. The Kier molecular flexibility index (Phi) is 10.5. The molecule has 0 spiro atoms. The third kappa shape index (κ3) is 8.69. The van der Waals surface area contributed by atoms with Gasteiger partial charge in [-0.2, -0.15) is 11.8 Å². The number of aliphatic carboxylic acids is 2. The maximum absolute atomic E-state index is 12.4. The van der Waals surface area contributed by atoms with E-state index in [9.17, 15) is 29.1 Å². The molecule has 0 bridgehead atoms. The number of rotatable bonds is 12. The summed E-state index contributed by atoms with van der Waals surface area (Å²) in [5, 5.41) is 28.3. The van der Waals surface area contributed by atoms with E-state index < -0.39 is 54.3 Å². The van der Waals surface area contributed by atoms with Crippen LogP contribution < -0.4 is 21.3 Å². The zero-order valence-electron chi connectivity index (χ0n) is 16.4. The van der Waals surface area contributed by atoms with Gasteiger partial charge in [-0.1, -0.05) is 0 Å². The predicted molar refractivity (Wildman–Crippen MR) is 105 cm³/mol. The Labute approximate surface area is 172 Å². The number of hydrogen-bond acceptors (Lipinski definition) is 7. The lowest BCUT2D eigenvalue weighted by Gasteiger charge is -2.23. The Hall–Kier alpha value is -2.34. The van der Waals surface area contributed by atoms with Crippen molar-refractivity contribution in [2.75, 3.05) is 18.6 Å². The molecule has 29 heavy (non-hydrogen) atoms. The molecule has 1 saturated heterocycles. The molecule has 4 unspecified atom stereocenters. The van der Waals surface area contributed by atoms with Gasteiger partial charge in [0.1, 0.15) is 18.1 Å². The van der Waals surface area contributed by atoms with Crippen LogP contribution in [0, 0.1) is 0 Å². The van der Waals surface area contributed by atoms with Gasteiger partial charge < -0.3 is 31.5 Å². The van der Waals surface area contributed by atoms with Crippen molar-refractivity contribution in [2.45, 2.75) is 56.8 Å². The van der Waals surface area contributed by atoms with E-state index in [1.807, 2.05) is 0 Å². The van der Waals surface area contributed by atoms with Gasteiger partial charge in [-0.25, -0.2) is 4.79 Å². The minimum absolute atomic E-state index is 0.150. The molecular weight excluding hydrogens is 404 g/mol. The van der Waals surface area contributed by atoms with Gasteiger partial charge in [0.2, 0.25) is 17.7 Å². The number of nitrogens with one attached hydrogen (secondary N) is 4. The monoisotopic (exact) mass is 432 g/mol. The molecule has 1 aliphatic heterocycles. The first kappa shape index (κ1) is 24.7. The van der Waals surface area contributed by atoms with Crippen LogP contribution in [0.4, 0.5) is 0 Å². The average Bonchev–Trinajstić information content (AvgIpc) is 3.18. The summed E-state index contributed by atoms with van der Waals surface area (Å²) >= 11 is 1.40. The Morgan fingerprint density at radius 3 is 2.24 bits per heavy atom. The second-order valence-corrected chi connectivity index (χ2v) is 7.70.